The van der Waals surface area contributed by atoms with Crippen molar-refractivity contribution in [1.82, 2.24) is 4.72 Å². The molecule has 0 atom stereocenters. The number of anilines is 1. The highest BCUT2D eigenvalue weighted by atomic mass is 32.2. The Morgan fingerprint density at radius 3 is 2.58 bits per heavy atom. The minimum absolute atomic E-state index is 0.0792. The monoisotopic (exact) mass is 348 g/mol. The molecule has 0 saturated carbocycles. The van der Waals surface area contributed by atoms with Crippen LogP contribution in [0.1, 0.15) is 23.1 Å². The normalized spacial score (nSPS) is 14.2. The molecule has 0 aromatic heterocycles. The summed E-state index contributed by atoms with van der Waals surface area (Å²) >= 11 is 0. The van der Waals surface area contributed by atoms with E-state index in [0.29, 0.717) is 17.7 Å². The Labute approximate surface area is 139 Å². The molecule has 126 valence electrons. The third kappa shape index (κ3) is 3.47. The topological polar surface area (TPSA) is 75.3 Å². The third-order valence-corrected chi connectivity index (χ3v) is 5.35. The number of aryl methyl sites for hydroxylation is 2. The standard InChI is InChI=1S/C17H17FN2O3S/c1-11-2-4-12(5-3-11)10-19-24(22,23)16-8-13-6-7-17(21)20-15(13)9-14(16)18/h2-5,8-9,19H,6-7,10H2,1H3,(H,20,21). The van der Waals surface area contributed by atoms with Crippen LogP contribution in [0.15, 0.2) is 41.3 Å². The molecule has 0 unspecified atom stereocenters. The van der Waals surface area contributed by atoms with Crippen molar-refractivity contribution in [2.24, 2.45) is 0 Å². The van der Waals surface area contributed by atoms with E-state index in [1.54, 1.807) is 0 Å². The molecule has 1 aliphatic rings. The van der Waals surface area contributed by atoms with Crippen LogP contribution in [0.3, 0.4) is 0 Å². The van der Waals surface area contributed by atoms with Crippen molar-refractivity contribution >= 4 is 21.6 Å². The van der Waals surface area contributed by atoms with Gasteiger partial charge in [-0.1, -0.05) is 29.8 Å². The highest BCUT2D eigenvalue weighted by molar-refractivity contribution is 7.89. The van der Waals surface area contributed by atoms with Crippen LogP contribution >= 0.6 is 0 Å². The van der Waals surface area contributed by atoms with Crippen molar-refractivity contribution < 1.29 is 17.6 Å². The molecule has 0 spiro atoms. The van der Waals surface area contributed by atoms with Crippen LogP contribution in [0.2, 0.25) is 0 Å². The highest BCUT2D eigenvalue weighted by Gasteiger charge is 2.24. The molecule has 0 aliphatic carbocycles. The summed E-state index contributed by atoms with van der Waals surface area (Å²) in [6.45, 7) is 2.02. The van der Waals surface area contributed by atoms with Crippen molar-refractivity contribution in [2.45, 2.75) is 31.2 Å². The van der Waals surface area contributed by atoms with Gasteiger partial charge in [0.15, 0.2) is 0 Å². The van der Waals surface area contributed by atoms with Gasteiger partial charge >= 0.3 is 0 Å². The Morgan fingerprint density at radius 2 is 1.88 bits per heavy atom. The Kier molecular flexibility index (Phi) is 4.38. The summed E-state index contributed by atoms with van der Waals surface area (Å²) in [5, 5.41) is 2.55. The third-order valence-electron chi connectivity index (χ3n) is 3.93. The van der Waals surface area contributed by atoms with Gasteiger partial charge in [-0.25, -0.2) is 17.5 Å². The molecule has 1 heterocycles. The van der Waals surface area contributed by atoms with Crippen LogP contribution in [-0.4, -0.2) is 14.3 Å². The van der Waals surface area contributed by atoms with Crippen molar-refractivity contribution in [3.63, 3.8) is 0 Å². The average molecular weight is 348 g/mol. The Balaban J connectivity index is 1.84. The van der Waals surface area contributed by atoms with Crippen LogP contribution in [-0.2, 0) is 27.8 Å². The number of benzene rings is 2. The quantitative estimate of drug-likeness (QED) is 0.891. The number of amides is 1. The van der Waals surface area contributed by atoms with E-state index >= 15 is 0 Å². The van der Waals surface area contributed by atoms with Crippen LogP contribution < -0.4 is 10.0 Å². The van der Waals surface area contributed by atoms with E-state index in [9.17, 15) is 17.6 Å². The smallest absolute Gasteiger partial charge is 0.243 e. The first-order chi connectivity index (χ1) is 11.3. The van der Waals surface area contributed by atoms with Crippen LogP contribution in [0.5, 0.6) is 0 Å². The summed E-state index contributed by atoms with van der Waals surface area (Å²) in [4.78, 5) is 10.9. The molecule has 2 aromatic carbocycles. The fourth-order valence-electron chi connectivity index (χ4n) is 2.55. The number of sulfonamides is 1. The zero-order valence-corrected chi connectivity index (χ0v) is 13.9. The largest absolute Gasteiger partial charge is 0.326 e. The molecule has 3 rings (SSSR count). The number of nitrogens with one attached hydrogen (secondary N) is 2. The van der Waals surface area contributed by atoms with Gasteiger partial charge in [0.1, 0.15) is 10.7 Å². The van der Waals surface area contributed by atoms with Crippen LogP contribution in [0.4, 0.5) is 10.1 Å². The summed E-state index contributed by atoms with van der Waals surface area (Å²) < 4.78 is 41.4. The molecule has 24 heavy (non-hydrogen) atoms. The zero-order valence-electron chi connectivity index (χ0n) is 13.1. The summed E-state index contributed by atoms with van der Waals surface area (Å²) in [6.07, 6.45) is 0.650. The number of carbonyl (C=O) groups is 1. The van der Waals surface area contributed by atoms with E-state index in [4.69, 9.17) is 0 Å². The Bertz CT molecular complexity index is 893. The number of halogens is 1. The van der Waals surface area contributed by atoms with Crippen molar-refractivity contribution in [1.29, 1.82) is 0 Å². The first kappa shape index (κ1) is 16.6. The van der Waals surface area contributed by atoms with Gasteiger partial charge in [-0.15, -0.1) is 0 Å². The van der Waals surface area contributed by atoms with Crippen LogP contribution in [0.25, 0.3) is 0 Å². The predicted octanol–water partition coefficient (Wildman–Crippen LogP) is 2.50. The molecule has 0 radical (unpaired) electrons. The molecule has 5 nitrogen and oxygen atoms in total. The Morgan fingerprint density at radius 1 is 1.17 bits per heavy atom. The second kappa shape index (κ2) is 6.33. The maximum Gasteiger partial charge on any atom is 0.243 e. The number of hydrogen-bond donors (Lipinski definition) is 2. The minimum Gasteiger partial charge on any atom is -0.326 e. The first-order valence-corrected chi connectivity index (χ1v) is 9.01. The summed E-state index contributed by atoms with van der Waals surface area (Å²) in [5.41, 5.74) is 2.81. The van der Waals surface area contributed by atoms with E-state index in [-0.39, 0.29) is 18.9 Å². The van der Waals surface area contributed by atoms with E-state index in [0.717, 1.165) is 17.2 Å². The van der Waals surface area contributed by atoms with E-state index in [1.165, 1.54) is 6.07 Å². The van der Waals surface area contributed by atoms with Gasteiger partial charge in [0.05, 0.1) is 0 Å². The maximum atomic E-state index is 14.2. The molecule has 0 bridgehead atoms. The molecule has 7 heteroatoms. The first-order valence-electron chi connectivity index (χ1n) is 7.52. The molecule has 0 fully saturated rings. The second-order valence-electron chi connectivity index (χ2n) is 5.80. The molecule has 2 aromatic rings. The molecule has 1 aliphatic heterocycles. The number of carbonyl (C=O) groups excluding carboxylic acids is 1. The van der Waals surface area contributed by atoms with Gasteiger partial charge in [0.25, 0.3) is 0 Å². The minimum atomic E-state index is -3.98. The van der Waals surface area contributed by atoms with Gasteiger partial charge in [-0.2, -0.15) is 0 Å². The molecular formula is C17H17FN2O3S. The lowest BCUT2D eigenvalue weighted by atomic mass is 10.0. The lowest BCUT2D eigenvalue weighted by molar-refractivity contribution is -0.116. The molecule has 1 amide bonds. The van der Waals surface area contributed by atoms with Gasteiger partial charge < -0.3 is 5.32 Å². The van der Waals surface area contributed by atoms with Crippen molar-refractivity contribution in [3.8, 4) is 0 Å². The SMILES string of the molecule is Cc1ccc(CNS(=O)(=O)c2cc3c(cc2F)NC(=O)CC3)cc1. The Hall–Kier alpha value is -2.25. The number of rotatable bonds is 4. The second-order valence-corrected chi connectivity index (χ2v) is 7.53. The predicted molar refractivity (Wildman–Crippen MR) is 88.6 cm³/mol. The molecule has 0 saturated heterocycles. The van der Waals surface area contributed by atoms with E-state index < -0.39 is 20.7 Å². The summed E-state index contributed by atoms with van der Waals surface area (Å²) in [6, 6.07) is 9.75. The lowest BCUT2D eigenvalue weighted by Crippen LogP contribution is -2.25. The van der Waals surface area contributed by atoms with Gasteiger partial charge in [-0.05, 0) is 36.6 Å². The average Bonchev–Trinajstić information content (AvgIpc) is 2.53. The number of hydrogen-bond acceptors (Lipinski definition) is 3. The lowest BCUT2D eigenvalue weighted by Gasteiger charge is -2.18. The van der Waals surface area contributed by atoms with Gasteiger partial charge in [0.2, 0.25) is 15.9 Å². The highest BCUT2D eigenvalue weighted by Crippen LogP contribution is 2.28. The fourth-order valence-corrected chi connectivity index (χ4v) is 3.67. The summed E-state index contributed by atoms with van der Waals surface area (Å²) in [7, 11) is -3.98. The van der Waals surface area contributed by atoms with Crippen molar-refractivity contribution in [2.75, 3.05) is 5.32 Å². The zero-order chi connectivity index (χ0) is 17.3. The summed E-state index contributed by atoms with van der Waals surface area (Å²) in [5.74, 6) is -1.08. The maximum absolute atomic E-state index is 14.2. The van der Waals surface area contributed by atoms with E-state index in [1.807, 2.05) is 31.2 Å². The van der Waals surface area contributed by atoms with Gasteiger partial charge in [-0.3, -0.25) is 4.79 Å². The van der Waals surface area contributed by atoms with Crippen LogP contribution in [0, 0.1) is 12.7 Å². The molecular weight excluding hydrogens is 331 g/mol. The van der Waals surface area contributed by atoms with Gasteiger partial charge in [0, 0.05) is 18.7 Å². The van der Waals surface area contributed by atoms with E-state index in [2.05, 4.69) is 10.0 Å². The molecule has 2 N–H and O–H groups in total. The fraction of sp³-hybridized carbons (Fsp3) is 0.235. The number of fused-ring (bicyclic) bond motifs is 1. The van der Waals surface area contributed by atoms with Crippen molar-refractivity contribution in [3.05, 3.63) is 58.9 Å².